The molecule has 0 fully saturated rings. The molecule has 2 aromatic carbocycles. The molecule has 8 nitrogen and oxygen atoms in total. The normalized spacial score (nSPS) is 11.3. The van der Waals surface area contributed by atoms with Crippen LogP contribution in [-0.2, 0) is 4.79 Å². The van der Waals surface area contributed by atoms with Gasteiger partial charge in [-0.15, -0.1) is 10.2 Å². The summed E-state index contributed by atoms with van der Waals surface area (Å²) >= 11 is 1.30. The van der Waals surface area contributed by atoms with Crippen molar-refractivity contribution < 1.29 is 9.53 Å². The number of ether oxygens (including phenoxy) is 1. The molecule has 0 atom stereocenters. The Morgan fingerprint density at radius 1 is 1.03 bits per heavy atom. The molecule has 0 aliphatic heterocycles. The molecule has 1 N–H and O–H groups in total. The number of nitrogens with one attached hydrogen (secondary N) is 1. The SMILES string of the molecule is COc1ccc(/C(C)=N\NC(=O)CSc2nnc(-c3ccncc3)n2-c2ccc(C)cc2)cc1. The largest absolute Gasteiger partial charge is 0.497 e. The number of amides is 1. The second-order valence-electron chi connectivity index (χ2n) is 7.46. The fraction of sp³-hybridized carbons (Fsp3) is 0.160. The molecule has 0 aliphatic carbocycles. The first-order valence-electron chi connectivity index (χ1n) is 10.6. The van der Waals surface area contributed by atoms with E-state index < -0.39 is 0 Å². The fourth-order valence-corrected chi connectivity index (χ4v) is 3.93. The van der Waals surface area contributed by atoms with Crippen LogP contribution in [0.3, 0.4) is 0 Å². The molecular weight excluding hydrogens is 448 g/mol. The first kappa shape index (κ1) is 23.2. The molecule has 0 saturated carbocycles. The van der Waals surface area contributed by atoms with Crippen molar-refractivity contribution in [1.82, 2.24) is 25.2 Å². The molecule has 34 heavy (non-hydrogen) atoms. The smallest absolute Gasteiger partial charge is 0.250 e. The number of methoxy groups -OCH3 is 1. The van der Waals surface area contributed by atoms with E-state index in [9.17, 15) is 4.79 Å². The van der Waals surface area contributed by atoms with Crippen LogP contribution in [-0.4, -0.2) is 44.2 Å². The van der Waals surface area contributed by atoms with Gasteiger partial charge >= 0.3 is 0 Å². The number of aryl methyl sites for hydroxylation is 1. The van der Waals surface area contributed by atoms with Gasteiger partial charge in [-0.25, -0.2) is 5.43 Å². The standard InChI is InChI=1S/C25H24N6O2S/c1-17-4-8-21(9-5-17)31-24(20-12-14-26-15-13-20)29-30-25(31)34-16-23(32)28-27-18(2)19-6-10-22(33-3)11-7-19/h4-15H,16H2,1-3H3,(H,28,32)/b27-18-. The lowest BCUT2D eigenvalue weighted by Crippen LogP contribution is -2.21. The lowest BCUT2D eigenvalue weighted by atomic mass is 10.1. The Bertz CT molecular complexity index is 1290. The number of carbonyl (C=O) groups excluding carboxylic acids is 1. The maximum absolute atomic E-state index is 12.5. The summed E-state index contributed by atoms with van der Waals surface area (Å²) in [5.41, 5.74) is 7.17. The molecule has 4 aromatic rings. The third-order valence-electron chi connectivity index (χ3n) is 5.05. The summed E-state index contributed by atoms with van der Waals surface area (Å²) in [6, 6.07) is 19.3. The van der Waals surface area contributed by atoms with E-state index in [2.05, 4.69) is 25.7 Å². The lowest BCUT2D eigenvalue weighted by Gasteiger charge is -2.10. The number of hydrogen-bond acceptors (Lipinski definition) is 7. The van der Waals surface area contributed by atoms with Crippen molar-refractivity contribution >= 4 is 23.4 Å². The van der Waals surface area contributed by atoms with E-state index in [0.717, 1.165) is 28.1 Å². The van der Waals surface area contributed by atoms with Gasteiger partial charge in [-0.05, 0) is 67.9 Å². The molecule has 0 radical (unpaired) electrons. The van der Waals surface area contributed by atoms with E-state index >= 15 is 0 Å². The highest BCUT2D eigenvalue weighted by Crippen LogP contribution is 2.27. The van der Waals surface area contributed by atoms with Crippen LogP contribution in [0, 0.1) is 6.92 Å². The highest BCUT2D eigenvalue weighted by molar-refractivity contribution is 7.99. The van der Waals surface area contributed by atoms with Gasteiger partial charge in [-0.1, -0.05) is 29.5 Å². The summed E-state index contributed by atoms with van der Waals surface area (Å²) in [7, 11) is 1.62. The summed E-state index contributed by atoms with van der Waals surface area (Å²) in [4.78, 5) is 16.6. The number of carbonyl (C=O) groups is 1. The van der Waals surface area contributed by atoms with Crippen molar-refractivity contribution in [2.24, 2.45) is 5.10 Å². The maximum atomic E-state index is 12.5. The highest BCUT2D eigenvalue weighted by Gasteiger charge is 2.17. The van der Waals surface area contributed by atoms with Crippen LogP contribution < -0.4 is 10.2 Å². The van der Waals surface area contributed by atoms with Crippen LogP contribution in [0.15, 0.2) is 83.3 Å². The average molecular weight is 473 g/mol. The van der Waals surface area contributed by atoms with Gasteiger partial charge in [0, 0.05) is 23.6 Å². The Labute approximate surface area is 202 Å². The third kappa shape index (κ3) is 5.49. The predicted octanol–water partition coefficient (Wildman–Crippen LogP) is 4.28. The molecule has 0 unspecified atom stereocenters. The summed E-state index contributed by atoms with van der Waals surface area (Å²) in [5.74, 6) is 1.35. The van der Waals surface area contributed by atoms with E-state index in [1.807, 2.05) is 79.1 Å². The number of nitrogens with zero attached hydrogens (tertiary/aromatic N) is 5. The van der Waals surface area contributed by atoms with E-state index in [1.54, 1.807) is 19.5 Å². The van der Waals surface area contributed by atoms with Crippen molar-refractivity contribution in [3.05, 3.63) is 84.2 Å². The average Bonchev–Trinajstić information content (AvgIpc) is 3.31. The second-order valence-corrected chi connectivity index (χ2v) is 8.40. The summed E-state index contributed by atoms with van der Waals surface area (Å²) in [6.45, 7) is 3.87. The van der Waals surface area contributed by atoms with Crippen molar-refractivity contribution in [1.29, 1.82) is 0 Å². The van der Waals surface area contributed by atoms with Crippen molar-refractivity contribution in [2.75, 3.05) is 12.9 Å². The lowest BCUT2D eigenvalue weighted by molar-refractivity contribution is -0.118. The number of aromatic nitrogens is 4. The highest BCUT2D eigenvalue weighted by atomic mass is 32.2. The Kier molecular flexibility index (Phi) is 7.34. The van der Waals surface area contributed by atoms with E-state index in [0.29, 0.717) is 16.7 Å². The van der Waals surface area contributed by atoms with Crippen LogP contribution in [0.5, 0.6) is 5.75 Å². The predicted molar refractivity (Wildman–Crippen MR) is 133 cm³/mol. The second kappa shape index (κ2) is 10.8. The van der Waals surface area contributed by atoms with Gasteiger partial charge in [0.15, 0.2) is 11.0 Å². The summed E-state index contributed by atoms with van der Waals surface area (Å²) < 4.78 is 7.11. The topological polar surface area (TPSA) is 94.3 Å². The van der Waals surface area contributed by atoms with E-state index in [-0.39, 0.29) is 11.7 Å². The van der Waals surface area contributed by atoms with Gasteiger partial charge < -0.3 is 4.74 Å². The fourth-order valence-electron chi connectivity index (χ4n) is 3.18. The van der Waals surface area contributed by atoms with Crippen LogP contribution in [0.1, 0.15) is 18.1 Å². The van der Waals surface area contributed by atoms with Gasteiger partial charge in [0.05, 0.1) is 18.6 Å². The zero-order valence-electron chi connectivity index (χ0n) is 19.1. The van der Waals surface area contributed by atoms with Crippen LogP contribution in [0.4, 0.5) is 0 Å². The first-order chi connectivity index (χ1) is 16.5. The van der Waals surface area contributed by atoms with Crippen LogP contribution in [0.25, 0.3) is 17.1 Å². The monoisotopic (exact) mass is 472 g/mol. The Hall–Kier alpha value is -3.98. The number of hydrogen-bond donors (Lipinski definition) is 1. The number of pyridine rings is 1. The molecule has 1 amide bonds. The molecule has 9 heteroatoms. The van der Waals surface area contributed by atoms with Crippen LogP contribution in [0.2, 0.25) is 0 Å². The Morgan fingerprint density at radius 3 is 2.41 bits per heavy atom. The maximum Gasteiger partial charge on any atom is 0.250 e. The minimum absolute atomic E-state index is 0.139. The number of thioether (sulfide) groups is 1. The number of hydrazone groups is 1. The number of benzene rings is 2. The Morgan fingerprint density at radius 2 is 1.74 bits per heavy atom. The van der Waals surface area contributed by atoms with Crippen molar-refractivity contribution in [2.45, 2.75) is 19.0 Å². The minimum Gasteiger partial charge on any atom is -0.497 e. The van der Waals surface area contributed by atoms with E-state index in [1.165, 1.54) is 11.8 Å². The quantitative estimate of drug-likeness (QED) is 0.234. The summed E-state index contributed by atoms with van der Waals surface area (Å²) in [5, 5.41) is 13.6. The minimum atomic E-state index is -0.234. The molecule has 172 valence electrons. The van der Waals surface area contributed by atoms with Gasteiger partial charge in [-0.2, -0.15) is 5.10 Å². The molecule has 2 aromatic heterocycles. The van der Waals surface area contributed by atoms with Crippen LogP contribution >= 0.6 is 11.8 Å². The number of rotatable bonds is 8. The Balaban J connectivity index is 1.49. The molecule has 0 spiro atoms. The molecule has 0 bridgehead atoms. The summed E-state index contributed by atoms with van der Waals surface area (Å²) in [6.07, 6.45) is 3.43. The van der Waals surface area contributed by atoms with E-state index in [4.69, 9.17) is 4.74 Å². The zero-order chi connectivity index (χ0) is 23.9. The molecule has 0 aliphatic rings. The zero-order valence-corrected chi connectivity index (χ0v) is 19.9. The van der Waals surface area contributed by atoms with Gasteiger partial charge in [0.2, 0.25) is 0 Å². The van der Waals surface area contributed by atoms with Crippen molar-refractivity contribution in [3.63, 3.8) is 0 Å². The van der Waals surface area contributed by atoms with Gasteiger partial charge in [0.1, 0.15) is 5.75 Å². The third-order valence-corrected chi connectivity index (χ3v) is 5.98. The molecule has 4 rings (SSSR count). The first-order valence-corrected chi connectivity index (χ1v) is 11.6. The van der Waals surface area contributed by atoms with Gasteiger partial charge in [-0.3, -0.25) is 14.3 Å². The van der Waals surface area contributed by atoms with Gasteiger partial charge in [0.25, 0.3) is 5.91 Å². The molecular formula is C25H24N6O2S. The van der Waals surface area contributed by atoms with Crippen molar-refractivity contribution in [3.8, 4) is 22.8 Å². The molecule has 2 heterocycles. The molecule has 0 saturated heterocycles.